The van der Waals surface area contributed by atoms with Crippen LogP contribution in [0.15, 0.2) is 243 Å². The van der Waals surface area contributed by atoms with E-state index in [1.54, 1.807) is 0 Å². The highest BCUT2D eigenvalue weighted by Gasteiger charge is 2.50. The summed E-state index contributed by atoms with van der Waals surface area (Å²) in [5, 5.41) is 18.3. The van der Waals surface area contributed by atoms with Crippen LogP contribution in [0.4, 0.5) is 0 Å². The zero-order chi connectivity index (χ0) is 49.4. The van der Waals surface area contributed by atoms with E-state index in [0.717, 1.165) is 25.7 Å². The molecule has 0 radical (unpaired) electrons. The first-order chi connectivity index (χ1) is 37.6. The van der Waals surface area contributed by atoms with Crippen LogP contribution in [-0.2, 0) is 23.7 Å². The molecule has 0 heteroatoms. The Labute approximate surface area is 441 Å². The smallest absolute Gasteiger partial charge is 0.0469 e. The van der Waals surface area contributed by atoms with E-state index >= 15 is 0 Å². The first kappa shape index (κ1) is 41.3. The minimum Gasteiger partial charge on any atom is -0.0619 e. The van der Waals surface area contributed by atoms with Crippen molar-refractivity contribution >= 4 is 75.4 Å². The molecule has 76 heavy (non-hydrogen) atoms. The van der Waals surface area contributed by atoms with Crippen LogP contribution in [-0.4, -0.2) is 0 Å². The topological polar surface area (TPSA) is 0 Å². The summed E-state index contributed by atoms with van der Waals surface area (Å²) in [6.45, 7) is 0. The number of hydrogen-bond donors (Lipinski definition) is 0. The second-order valence-corrected chi connectivity index (χ2v) is 22.5. The van der Waals surface area contributed by atoms with Gasteiger partial charge in [-0.15, -0.1) is 0 Å². The molecule has 0 amide bonds. The summed E-state index contributed by atoms with van der Waals surface area (Å²) in [6.07, 6.45) is 4.30. The molecule has 2 atom stereocenters. The molecule has 14 aromatic carbocycles. The van der Waals surface area contributed by atoms with Gasteiger partial charge < -0.3 is 0 Å². The second-order valence-electron chi connectivity index (χ2n) is 22.5. The molecule has 0 saturated carbocycles. The van der Waals surface area contributed by atoms with E-state index in [0.29, 0.717) is 0 Å². The Bertz CT molecular complexity index is 4640. The SMILES string of the molecule is c1ccc2c(c1)-c1ccc(-c3ccc4c5ccc(-c6ccc7c(c6)C6(CCc8cc9ccccc9cc86)c6ccccc6-7)cc5c5c6ccccc6c6ccccc6c5c4c3)cc1C21CCc2cc3ccccc3cc21. The van der Waals surface area contributed by atoms with Crippen molar-refractivity contribution in [2.24, 2.45) is 0 Å². The lowest BCUT2D eigenvalue weighted by Crippen LogP contribution is -2.23. The first-order valence-corrected chi connectivity index (χ1v) is 27.4. The van der Waals surface area contributed by atoms with E-state index in [1.807, 2.05) is 0 Å². The Morgan fingerprint density at radius 3 is 1.03 bits per heavy atom. The molecule has 18 rings (SSSR count). The Morgan fingerprint density at radius 1 is 0.224 bits per heavy atom. The number of aryl methyl sites for hydroxylation is 2. The number of benzene rings is 14. The summed E-state index contributed by atoms with van der Waals surface area (Å²) >= 11 is 0. The van der Waals surface area contributed by atoms with Gasteiger partial charge in [0, 0.05) is 10.8 Å². The van der Waals surface area contributed by atoms with Crippen molar-refractivity contribution in [1.29, 1.82) is 0 Å². The van der Waals surface area contributed by atoms with E-state index in [-0.39, 0.29) is 10.8 Å². The van der Waals surface area contributed by atoms with Crippen molar-refractivity contribution in [3.05, 3.63) is 287 Å². The number of rotatable bonds is 2. The maximum absolute atomic E-state index is 2.56. The van der Waals surface area contributed by atoms with E-state index in [1.165, 1.54) is 164 Å². The minimum absolute atomic E-state index is 0.187. The third-order valence-corrected chi connectivity index (χ3v) is 19.2. The van der Waals surface area contributed by atoms with Crippen LogP contribution >= 0.6 is 0 Å². The monoisotopic (exact) mass is 960 g/mol. The van der Waals surface area contributed by atoms with Crippen molar-refractivity contribution < 1.29 is 0 Å². The van der Waals surface area contributed by atoms with Gasteiger partial charge in [0.2, 0.25) is 0 Å². The summed E-state index contributed by atoms with van der Waals surface area (Å²) < 4.78 is 0. The van der Waals surface area contributed by atoms with E-state index in [9.17, 15) is 0 Å². The molecule has 2 spiro atoms. The Balaban J connectivity index is 0.853. The normalized spacial score (nSPS) is 17.6. The summed E-state index contributed by atoms with van der Waals surface area (Å²) in [6, 6.07) is 94.0. The highest BCUT2D eigenvalue weighted by molar-refractivity contribution is 6.40. The maximum Gasteiger partial charge on any atom is 0.0469 e. The molecule has 0 fully saturated rings. The summed E-state index contributed by atoms with van der Waals surface area (Å²) in [7, 11) is 0. The second kappa shape index (κ2) is 14.8. The molecule has 0 aromatic heterocycles. The van der Waals surface area contributed by atoms with Crippen LogP contribution in [0.3, 0.4) is 0 Å². The zero-order valence-corrected chi connectivity index (χ0v) is 41.9. The number of fused-ring (bicyclic) bond motifs is 27. The Morgan fingerprint density at radius 2 is 0.566 bits per heavy atom. The standard InChI is InChI=1S/C76H48/c1-3-15-47-41-69-53(37-45(47)13-1)33-35-75(69)67-23-11-9-19-59(67)61-31-27-51(43-71(61)75)49-25-29-57-58-30-26-50(40-66(58)74-64-22-8-6-18-56(64)55-17-5-7-21-63(55)73(74)65(57)39-49)52-28-32-62-60-20-10-12-24-68(60)76(72(62)44-52)36-34-54-38-46-14-2-4-16-48(46)42-70(54)76/h1-32,37-44H,33-36H2. The average Bonchev–Trinajstić information content (AvgIpc) is 4.33. The Kier molecular flexibility index (Phi) is 8.04. The minimum atomic E-state index is -0.187. The van der Waals surface area contributed by atoms with Gasteiger partial charge >= 0.3 is 0 Å². The van der Waals surface area contributed by atoms with Gasteiger partial charge in [-0.1, -0.05) is 206 Å². The van der Waals surface area contributed by atoms with E-state index < -0.39 is 0 Å². The predicted molar refractivity (Wildman–Crippen MR) is 320 cm³/mol. The lowest BCUT2D eigenvalue weighted by molar-refractivity contribution is 0.626. The van der Waals surface area contributed by atoms with Crippen LogP contribution in [0.2, 0.25) is 0 Å². The van der Waals surface area contributed by atoms with Crippen LogP contribution in [0.1, 0.15) is 57.3 Å². The van der Waals surface area contributed by atoms with Crippen LogP contribution in [0, 0.1) is 0 Å². The Hall–Kier alpha value is -9.10. The molecular weight excluding hydrogens is 913 g/mol. The fourth-order valence-corrected chi connectivity index (χ4v) is 15.9. The third-order valence-electron chi connectivity index (χ3n) is 19.2. The zero-order valence-electron chi connectivity index (χ0n) is 41.9. The molecule has 0 bridgehead atoms. The molecular formula is C76H48. The molecule has 0 saturated heterocycles. The molecule has 0 heterocycles. The van der Waals surface area contributed by atoms with Crippen molar-refractivity contribution in [3.8, 4) is 44.5 Å². The van der Waals surface area contributed by atoms with Gasteiger partial charge in [0.05, 0.1) is 0 Å². The van der Waals surface area contributed by atoms with Crippen molar-refractivity contribution in [3.63, 3.8) is 0 Å². The molecule has 14 aromatic rings. The van der Waals surface area contributed by atoms with E-state index in [4.69, 9.17) is 0 Å². The van der Waals surface area contributed by atoms with Crippen molar-refractivity contribution in [2.75, 3.05) is 0 Å². The van der Waals surface area contributed by atoms with Crippen molar-refractivity contribution in [2.45, 2.75) is 36.5 Å². The largest absolute Gasteiger partial charge is 0.0619 e. The highest BCUT2D eigenvalue weighted by atomic mass is 14.5. The van der Waals surface area contributed by atoms with Crippen molar-refractivity contribution in [1.82, 2.24) is 0 Å². The third kappa shape index (κ3) is 5.24. The van der Waals surface area contributed by atoms with Crippen LogP contribution in [0.5, 0.6) is 0 Å². The van der Waals surface area contributed by atoms with Crippen LogP contribution < -0.4 is 0 Å². The summed E-state index contributed by atoms with van der Waals surface area (Å²) in [4.78, 5) is 0. The molecule has 352 valence electrons. The molecule has 0 N–H and O–H groups in total. The molecule has 4 aliphatic carbocycles. The lowest BCUT2D eigenvalue weighted by atomic mass is 9.72. The molecule has 0 nitrogen and oxygen atoms in total. The molecule has 0 aliphatic heterocycles. The first-order valence-electron chi connectivity index (χ1n) is 27.4. The maximum atomic E-state index is 2.56. The van der Waals surface area contributed by atoms with Gasteiger partial charge in [-0.05, 0) is 227 Å². The van der Waals surface area contributed by atoms with Gasteiger partial charge in [-0.25, -0.2) is 0 Å². The summed E-state index contributed by atoms with van der Waals surface area (Å²) in [5.41, 5.74) is 21.9. The number of hydrogen-bond acceptors (Lipinski definition) is 0. The van der Waals surface area contributed by atoms with Gasteiger partial charge in [0.25, 0.3) is 0 Å². The molecule has 2 unspecified atom stereocenters. The van der Waals surface area contributed by atoms with Gasteiger partial charge in [0.1, 0.15) is 0 Å². The average molecular weight is 961 g/mol. The fraction of sp³-hybridized carbons (Fsp3) is 0.0789. The van der Waals surface area contributed by atoms with E-state index in [2.05, 4.69) is 243 Å². The summed E-state index contributed by atoms with van der Waals surface area (Å²) in [5.74, 6) is 0. The van der Waals surface area contributed by atoms with Crippen LogP contribution in [0.25, 0.3) is 120 Å². The van der Waals surface area contributed by atoms with Gasteiger partial charge in [0.15, 0.2) is 0 Å². The lowest BCUT2D eigenvalue weighted by Gasteiger charge is -2.29. The van der Waals surface area contributed by atoms with Gasteiger partial charge in [-0.2, -0.15) is 0 Å². The molecule has 4 aliphatic rings. The quantitative estimate of drug-likeness (QED) is 0.152. The van der Waals surface area contributed by atoms with Gasteiger partial charge in [-0.3, -0.25) is 0 Å². The highest BCUT2D eigenvalue weighted by Crippen LogP contribution is 2.61. The fourth-order valence-electron chi connectivity index (χ4n) is 15.9. The predicted octanol–water partition coefficient (Wildman–Crippen LogP) is 19.6.